The molecule has 11 heteroatoms. The molecule has 0 N–H and O–H groups in total. The summed E-state index contributed by atoms with van der Waals surface area (Å²) in [5, 5.41) is 11.2. The third-order valence-electron chi connectivity index (χ3n) is 5.76. The van der Waals surface area contributed by atoms with E-state index in [-0.39, 0.29) is 23.4 Å². The Bertz CT molecular complexity index is 1590. The third-order valence-corrected chi connectivity index (χ3v) is 7.23. The number of halogens is 1. The molecule has 37 heavy (non-hydrogen) atoms. The van der Waals surface area contributed by atoms with Crippen LogP contribution in [0.5, 0.6) is 5.75 Å². The number of hydrogen-bond acceptors (Lipinski definition) is 8. The van der Waals surface area contributed by atoms with Gasteiger partial charge >= 0.3 is 5.97 Å². The standard InChI is InChI=1S/C26H24BrN3O6S/c1-4-7-19-22(25(32)36-5-2)23(18-14-16(27)10-11-20(18)35-3)29-24(31)21(37-26(29)28-19)13-15-8-6-9-17(12-15)30(33)34/h6,8-14,23H,4-5,7H2,1-3H3/b21-13+/t23-/m0/s1. The number of carbonyl (C=O) groups is 1. The molecule has 0 radical (unpaired) electrons. The van der Waals surface area contributed by atoms with Crippen LogP contribution in [0.2, 0.25) is 0 Å². The number of allylic oxidation sites excluding steroid dienone is 1. The van der Waals surface area contributed by atoms with Gasteiger partial charge in [-0.2, -0.15) is 0 Å². The van der Waals surface area contributed by atoms with Crippen LogP contribution in [0.1, 0.15) is 43.9 Å². The number of ether oxygens (including phenoxy) is 2. The van der Waals surface area contributed by atoms with E-state index < -0.39 is 16.9 Å². The fourth-order valence-corrected chi connectivity index (χ4v) is 5.61. The Kier molecular flexibility index (Phi) is 8.03. The van der Waals surface area contributed by atoms with E-state index in [0.717, 1.165) is 22.2 Å². The zero-order valence-electron chi connectivity index (χ0n) is 20.4. The molecule has 0 spiro atoms. The molecule has 1 atom stereocenters. The van der Waals surface area contributed by atoms with Crippen LogP contribution in [0.4, 0.5) is 5.69 Å². The van der Waals surface area contributed by atoms with Gasteiger partial charge in [-0.1, -0.05) is 52.7 Å². The Morgan fingerprint density at radius 2 is 2.05 bits per heavy atom. The molecule has 3 aromatic rings. The van der Waals surface area contributed by atoms with Crippen molar-refractivity contribution in [3.63, 3.8) is 0 Å². The Morgan fingerprint density at radius 3 is 2.73 bits per heavy atom. The van der Waals surface area contributed by atoms with E-state index in [1.54, 1.807) is 31.2 Å². The monoisotopic (exact) mass is 585 g/mol. The first-order chi connectivity index (χ1) is 17.8. The number of hydrogen-bond donors (Lipinski definition) is 0. The number of non-ortho nitro benzene ring substituents is 1. The average molecular weight is 586 g/mol. The minimum atomic E-state index is -0.837. The van der Waals surface area contributed by atoms with Gasteiger partial charge in [0.15, 0.2) is 4.80 Å². The fraction of sp³-hybridized carbons (Fsp3) is 0.269. The molecule has 9 nitrogen and oxygen atoms in total. The van der Waals surface area contributed by atoms with Crippen molar-refractivity contribution in [1.82, 2.24) is 4.57 Å². The van der Waals surface area contributed by atoms with Crippen LogP contribution in [0.25, 0.3) is 6.08 Å². The molecule has 1 aromatic heterocycles. The molecule has 192 valence electrons. The topological polar surface area (TPSA) is 113 Å². The van der Waals surface area contributed by atoms with Gasteiger partial charge in [-0.25, -0.2) is 9.79 Å². The molecule has 2 aromatic carbocycles. The predicted octanol–water partition coefficient (Wildman–Crippen LogP) is 4.26. The summed E-state index contributed by atoms with van der Waals surface area (Å²) < 4.78 is 13.6. The Labute approximate surface area is 224 Å². The van der Waals surface area contributed by atoms with Crippen molar-refractivity contribution in [1.29, 1.82) is 0 Å². The number of nitrogens with zero attached hydrogens (tertiary/aromatic N) is 3. The van der Waals surface area contributed by atoms with Crippen molar-refractivity contribution in [2.24, 2.45) is 4.99 Å². The molecule has 2 heterocycles. The quantitative estimate of drug-likeness (QED) is 0.222. The summed E-state index contributed by atoms with van der Waals surface area (Å²) in [6.45, 7) is 3.87. The van der Waals surface area contributed by atoms with Gasteiger partial charge in [0, 0.05) is 22.2 Å². The van der Waals surface area contributed by atoms with E-state index >= 15 is 0 Å². The van der Waals surface area contributed by atoms with Gasteiger partial charge in [0.2, 0.25) is 0 Å². The van der Waals surface area contributed by atoms with Gasteiger partial charge < -0.3 is 9.47 Å². The maximum atomic E-state index is 13.8. The number of carbonyl (C=O) groups excluding carboxylic acids is 1. The molecule has 0 fully saturated rings. The maximum Gasteiger partial charge on any atom is 0.338 e. The fourth-order valence-electron chi connectivity index (χ4n) is 4.21. The molecule has 4 rings (SSSR count). The molecule has 0 bridgehead atoms. The Hall–Kier alpha value is -3.57. The van der Waals surface area contributed by atoms with Gasteiger partial charge in [0.1, 0.15) is 11.8 Å². The molecule has 1 aliphatic rings. The molecule has 0 aliphatic carbocycles. The first kappa shape index (κ1) is 26.5. The second kappa shape index (κ2) is 11.2. The second-order valence-corrected chi connectivity index (χ2v) is 10.1. The van der Waals surface area contributed by atoms with Crippen LogP contribution in [0.15, 0.2) is 68.0 Å². The number of rotatable bonds is 8. The molecule has 0 saturated carbocycles. The van der Waals surface area contributed by atoms with Crippen LogP contribution in [-0.2, 0) is 9.53 Å². The first-order valence-corrected chi connectivity index (χ1v) is 13.2. The van der Waals surface area contributed by atoms with Crippen molar-refractivity contribution in [2.45, 2.75) is 32.7 Å². The molecule has 0 unspecified atom stereocenters. The van der Waals surface area contributed by atoms with Crippen molar-refractivity contribution in [3.05, 3.63) is 99.1 Å². The highest BCUT2D eigenvalue weighted by Gasteiger charge is 2.36. The molecule has 0 amide bonds. The van der Waals surface area contributed by atoms with Gasteiger partial charge in [-0.05, 0) is 43.2 Å². The number of fused-ring (bicyclic) bond motifs is 1. The van der Waals surface area contributed by atoms with Gasteiger partial charge in [-0.3, -0.25) is 19.5 Å². The number of nitro groups is 1. The minimum Gasteiger partial charge on any atom is -0.496 e. The van der Waals surface area contributed by atoms with E-state index in [4.69, 9.17) is 14.5 Å². The summed E-state index contributed by atoms with van der Waals surface area (Å²) in [4.78, 5) is 43.0. The van der Waals surface area contributed by atoms with Crippen LogP contribution < -0.4 is 19.6 Å². The van der Waals surface area contributed by atoms with E-state index in [9.17, 15) is 19.7 Å². The molecular weight excluding hydrogens is 562 g/mol. The number of benzene rings is 2. The first-order valence-electron chi connectivity index (χ1n) is 11.6. The Balaban J connectivity index is 2.04. The van der Waals surface area contributed by atoms with Crippen LogP contribution in [-0.4, -0.2) is 29.2 Å². The largest absolute Gasteiger partial charge is 0.496 e. The third kappa shape index (κ3) is 5.28. The van der Waals surface area contributed by atoms with Crippen molar-refractivity contribution in [2.75, 3.05) is 13.7 Å². The lowest BCUT2D eigenvalue weighted by Crippen LogP contribution is -2.40. The van der Waals surface area contributed by atoms with E-state index in [2.05, 4.69) is 15.9 Å². The molecular formula is C26H24BrN3O6S. The summed E-state index contributed by atoms with van der Waals surface area (Å²) in [6.07, 6.45) is 2.84. The second-order valence-electron chi connectivity index (χ2n) is 8.15. The van der Waals surface area contributed by atoms with Crippen molar-refractivity contribution >= 4 is 45.0 Å². The SMILES string of the molecule is CCCC1=C(C(=O)OCC)[C@H](c2cc(Br)ccc2OC)n2c(s/c(=C/c3cccc([N+](=O)[O-])c3)c2=O)=N1. The predicted molar refractivity (Wildman–Crippen MR) is 143 cm³/mol. The van der Waals surface area contributed by atoms with E-state index in [1.165, 1.54) is 23.8 Å². The maximum absolute atomic E-state index is 13.8. The number of nitro benzene ring substituents is 1. The van der Waals surface area contributed by atoms with Gasteiger partial charge in [0.25, 0.3) is 11.2 Å². The van der Waals surface area contributed by atoms with Gasteiger partial charge in [0.05, 0.1) is 34.4 Å². The van der Waals surface area contributed by atoms with E-state index in [0.29, 0.717) is 38.3 Å². The number of thiazole rings is 1. The highest BCUT2D eigenvalue weighted by atomic mass is 79.9. The smallest absolute Gasteiger partial charge is 0.338 e. The number of aromatic nitrogens is 1. The highest BCUT2D eigenvalue weighted by molar-refractivity contribution is 9.10. The van der Waals surface area contributed by atoms with Crippen LogP contribution >= 0.6 is 27.3 Å². The van der Waals surface area contributed by atoms with Crippen LogP contribution in [0, 0.1) is 10.1 Å². The lowest BCUT2D eigenvalue weighted by molar-refractivity contribution is -0.384. The summed E-state index contributed by atoms with van der Waals surface area (Å²) >= 11 is 4.66. The van der Waals surface area contributed by atoms with Crippen molar-refractivity contribution in [3.8, 4) is 5.75 Å². The summed E-state index contributed by atoms with van der Waals surface area (Å²) in [5.41, 5.74) is 1.50. The summed E-state index contributed by atoms with van der Waals surface area (Å²) in [6, 6.07) is 10.6. The number of methoxy groups -OCH3 is 1. The lowest BCUT2D eigenvalue weighted by atomic mass is 9.93. The minimum absolute atomic E-state index is 0.0758. The van der Waals surface area contributed by atoms with Crippen molar-refractivity contribution < 1.29 is 19.2 Å². The summed E-state index contributed by atoms with van der Waals surface area (Å²) in [5.74, 6) is -0.0456. The average Bonchev–Trinajstić information content (AvgIpc) is 3.18. The van der Waals surface area contributed by atoms with Crippen LogP contribution in [0.3, 0.4) is 0 Å². The molecule has 0 saturated heterocycles. The Morgan fingerprint density at radius 1 is 1.27 bits per heavy atom. The van der Waals surface area contributed by atoms with E-state index in [1.807, 2.05) is 19.1 Å². The highest BCUT2D eigenvalue weighted by Crippen LogP contribution is 2.38. The zero-order valence-corrected chi connectivity index (χ0v) is 22.8. The number of esters is 1. The lowest BCUT2D eigenvalue weighted by Gasteiger charge is -2.27. The zero-order chi connectivity index (χ0) is 26.7. The van der Waals surface area contributed by atoms with Gasteiger partial charge in [-0.15, -0.1) is 0 Å². The normalized spacial score (nSPS) is 15.2. The summed E-state index contributed by atoms with van der Waals surface area (Å²) in [7, 11) is 1.53. The molecule has 1 aliphatic heterocycles.